The van der Waals surface area contributed by atoms with E-state index in [1.807, 2.05) is 0 Å². The number of rotatable bonds is 5. The molecule has 0 aromatic heterocycles. The molecule has 0 unspecified atom stereocenters. The van der Waals surface area contributed by atoms with E-state index in [2.05, 4.69) is 8.37 Å². The summed E-state index contributed by atoms with van der Waals surface area (Å²) < 4.78 is 63.3. The highest BCUT2D eigenvalue weighted by atomic mass is 32.3. The van der Waals surface area contributed by atoms with Crippen molar-refractivity contribution >= 4 is 32.7 Å². The topological polar surface area (TPSA) is 168 Å². The van der Waals surface area contributed by atoms with Crippen LogP contribution in [0.2, 0.25) is 0 Å². The maximum Gasteiger partial charge on any atom is 0.448 e. The van der Waals surface area contributed by atoms with Crippen LogP contribution in [0.1, 0.15) is 12.8 Å². The summed E-state index contributed by atoms with van der Waals surface area (Å²) >= 11 is 0. The van der Waals surface area contributed by atoms with Crippen LogP contribution in [0.4, 0.5) is 0 Å². The van der Waals surface area contributed by atoms with Crippen LogP contribution in [0, 0.1) is 5.41 Å². The third kappa shape index (κ3) is 9.32. The fourth-order valence-electron chi connectivity index (χ4n) is 0.544. The molecule has 16 heavy (non-hydrogen) atoms. The fourth-order valence-corrected chi connectivity index (χ4v) is 1.20. The number of nitrogens with one attached hydrogen (secondary N) is 1. The molecule has 0 aromatic rings. The number of hydrogen-bond donors (Lipinski definition) is 3. The Hall–Kier alpha value is -1.24. The minimum Gasteiger partial charge on any atom is -0.346 e. The lowest BCUT2D eigenvalue weighted by Crippen LogP contribution is -2.15. The van der Waals surface area contributed by atoms with Gasteiger partial charge in [-0.1, -0.05) is 0 Å². The highest BCUT2D eigenvalue weighted by Crippen LogP contribution is 2.00. The van der Waals surface area contributed by atoms with Crippen molar-refractivity contribution in [1.82, 2.24) is 0 Å². The van der Waals surface area contributed by atoms with E-state index in [1.54, 1.807) is 0 Å². The Kier molecular flexibility index (Phi) is 4.80. The van der Waals surface area contributed by atoms with Gasteiger partial charge in [-0.15, -0.1) is 0 Å². The molecule has 0 aliphatic heterocycles. The molecule has 3 N–H and O–H groups in total. The molecule has 0 atom stereocenters. The normalized spacial score (nSPS) is 11.9. The van der Waals surface area contributed by atoms with E-state index in [9.17, 15) is 21.6 Å². The summed E-state index contributed by atoms with van der Waals surface area (Å²) in [7, 11) is -9.79. The van der Waals surface area contributed by atoms with E-state index in [-0.39, 0.29) is 0 Å². The van der Waals surface area contributed by atoms with Gasteiger partial charge >= 0.3 is 26.8 Å². The van der Waals surface area contributed by atoms with Crippen molar-refractivity contribution in [3.63, 3.8) is 0 Å². The van der Waals surface area contributed by atoms with Crippen molar-refractivity contribution in [3.8, 4) is 0 Å². The summed E-state index contributed by atoms with van der Waals surface area (Å²) in [6.07, 6.45) is -1.36. The molecule has 0 rings (SSSR count). The van der Waals surface area contributed by atoms with E-state index >= 15 is 0 Å². The molecular formula is C4H7NO9S2. The molecule has 0 saturated carbocycles. The van der Waals surface area contributed by atoms with Gasteiger partial charge in [0.15, 0.2) is 0 Å². The Labute approximate surface area is 90.6 Å². The lowest BCUT2D eigenvalue weighted by atomic mass is 10.3. The Morgan fingerprint density at radius 1 is 1.00 bits per heavy atom. The zero-order valence-corrected chi connectivity index (χ0v) is 9.12. The van der Waals surface area contributed by atoms with Gasteiger partial charge in [-0.2, -0.15) is 16.8 Å². The maximum atomic E-state index is 10.6. The maximum absolute atomic E-state index is 10.6. The van der Waals surface area contributed by atoms with Crippen molar-refractivity contribution < 1.29 is 39.1 Å². The summed E-state index contributed by atoms with van der Waals surface area (Å²) in [4.78, 5) is 10.6. The van der Waals surface area contributed by atoms with Crippen LogP contribution in [0.25, 0.3) is 0 Å². The molecular weight excluding hydrogens is 270 g/mol. The number of carbonyl (C=O) groups excluding carboxylic acids is 1. The molecule has 0 heterocycles. The predicted octanol–water partition coefficient (Wildman–Crippen LogP) is -1.09. The van der Waals surface area contributed by atoms with Crippen LogP contribution < -0.4 is 0 Å². The van der Waals surface area contributed by atoms with Crippen molar-refractivity contribution in [2.45, 2.75) is 12.8 Å². The molecule has 0 aromatic carbocycles. The second kappa shape index (κ2) is 5.20. The molecule has 0 aliphatic carbocycles. The molecule has 0 radical (unpaired) electrons. The van der Waals surface area contributed by atoms with Crippen molar-refractivity contribution in [1.29, 1.82) is 5.41 Å². The quantitative estimate of drug-likeness (QED) is 0.321. The molecule has 0 fully saturated rings. The minimum absolute atomic E-state index is 0.631. The average molecular weight is 277 g/mol. The van der Waals surface area contributed by atoms with Crippen LogP contribution in [0.5, 0.6) is 0 Å². The van der Waals surface area contributed by atoms with Gasteiger partial charge in [0.05, 0.1) is 6.42 Å². The van der Waals surface area contributed by atoms with Crippen LogP contribution >= 0.6 is 0 Å². The van der Waals surface area contributed by atoms with Gasteiger partial charge in [0.25, 0.3) is 0 Å². The van der Waals surface area contributed by atoms with Gasteiger partial charge in [-0.05, 0) is 0 Å². The number of hydrogen-bond acceptors (Lipinski definition) is 8. The molecule has 94 valence electrons. The summed E-state index contributed by atoms with van der Waals surface area (Å²) in [5.74, 6) is -2.40. The van der Waals surface area contributed by atoms with E-state index in [0.717, 1.165) is 0 Å². The Bertz CT molecular complexity index is 428. The molecule has 10 nitrogen and oxygen atoms in total. The first-order valence-corrected chi connectivity index (χ1v) is 6.16. The molecule has 0 bridgehead atoms. The molecule has 0 spiro atoms. The molecule has 0 amide bonds. The zero-order chi connectivity index (χ0) is 13.0. The second-order valence-electron chi connectivity index (χ2n) is 2.32. The first-order valence-electron chi connectivity index (χ1n) is 3.43. The minimum atomic E-state index is -4.93. The monoisotopic (exact) mass is 277 g/mol. The second-order valence-corrected chi connectivity index (χ2v) is 4.36. The number of carbonyl (C=O) groups is 1. The van der Waals surface area contributed by atoms with Crippen molar-refractivity contribution in [3.05, 3.63) is 0 Å². The Balaban J connectivity index is 4.08. The lowest BCUT2D eigenvalue weighted by molar-refractivity contribution is -0.134. The highest BCUT2D eigenvalue weighted by Gasteiger charge is 2.16. The van der Waals surface area contributed by atoms with E-state index in [4.69, 9.17) is 14.5 Å². The van der Waals surface area contributed by atoms with Crippen LogP contribution in [0.15, 0.2) is 0 Å². The molecule has 12 heteroatoms. The SMILES string of the molecule is N=C(CCC(=O)OS(=O)(=O)O)OS(=O)(=O)O. The van der Waals surface area contributed by atoms with Gasteiger partial charge in [0.2, 0.25) is 5.90 Å². The zero-order valence-electron chi connectivity index (χ0n) is 7.48. The van der Waals surface area contributed by atoms with Crippen molar-refractivity contribution in [2.75, 3.05) is 0 Å². The largest absolute Gasteiger partial charge is 0.448 e. The molecule has 0 aliphatic rings. The smallest absolute Gasteiger partial charge is 0.346 e. The van der Waals surface area contributed by atoms with Gasteiger partial charge in [-0.25, -0.2) is 0 Å². The van der Waals surface area contributed by atoms with Crippen LogP contribution in [0.3, 0.4) is 0 Å². The third-order valence-electron chi connectivity index (χ3n) is 0.960. The first kappa shape index (κ1) is 14.8. The molecule has 0 saturated heterocycles. The highest BCUT2D eigenvalue weighted by molar-refractivity contribution is 7.81. The standard InChI is InChI=1S/C4H7NO9S2/c5-3(13-15(7,8)9)1-2-4(6)14-16(10,11)12/h5H,1-2H2,(H,7,8,9)(H,10,11,12). The Morgan fingerprint density at radius 3 is 1.81 bits per heavy atom. The van der Waals surface area contributed by atoms with Gasteiger partial charge in [0.1, 0.15) is 0 Å². The van der Waals surface area contributed by atoms with Crippen molar-refractivity contribution in [2.24, 2.45) is 0 Å². The lowest BCUT2D eigenvalue weighted by Gasteiger charge is -2.02. The van der Waals surface area contributed by atoms with E-state index in [0.29, 0.717) is 0 Å². The van der Waals surface area contributed by atoms with Gasteiger partial charge < -0.3 is 8.37 Å². The summed E-state index contributed by atoms with van der Waals surface area (Å²) in [6, 6.07) is 0. The average Bonchev–Trinajstić information content (AvgIpc) is 1.94. The van der Waals surface area contributed by atoms with Gasteiger partial charge in [-0.3, -0.25) is 19.3 Å². The van der Waals surface area contributed by atoms with Crippen LogP contribution in [-0.4, -0.2) is 37.8 Å². The van der Waals surface area contributed by atoms with Crippen LogP contribution in [-0.2, 0) is 34.0 Å². The van der Waals surface area contributed by atoms with Gasteiger partial charge in [0, 0.05) is 6.42 Å². The predicted molar refractivity (Wildman–Crippen MR) is 47.2 cm³/mol. The summed E-state index contributed by atoms with van der Waals surface area (Å²) in [6.45, 7) is 0. The van der Waals surface area contributed by atoms with E-state index < -0.39 is 45.5 Å². The third-order valence-corrected chi connectivity index (χ3v) is 1.77. The fraction of sp³-hybridized carbons (Fsp3) is 0.500. The Morgan fingerprint density at radius 2 is 1.44 bits per heavy atom. The summed E-state index contributed by atoms with van der Waals surface area (Å²) in [5, 5.41) is 6.79. The summed E-state index contributed by atoms with van der Waals surface area (Å²) in [5.41, 5.74) is 0. The van der Waals surface area contributed by atoms with E-state index in [1.165, 1.54) is 0 Å². The first-order chi connectivity index (χ1) is 6.99.